The second-order valence-electron chi connectivity index (χ2n) is 4.01. The molecule has 5 heteroatoms. The van der Waals surface area contributed by atoms with E-state index in [1.54, 1.807) is 0 Å². The van der Waals surface area contributed by atoms with Crippen molar-refractivity contribution < 1.29 is 0 Å². The molecule has 1 aliphatic rings. The van der Waals surface area contributed by atoms with Crippen LogP contribution in [-0.2, 0) is 0 Å². The van der Waals surface area contributed by atoms with E-state index in [2.05, 4.69) is 20.3 Å². The van der Waals surface area contributed by atoms with Crippen LogP contribution in [0.4, 0.5) is 5.95 Å². The van der Waals surface area contributed by atoms with E-state index < -0.39 is 0 Å². The van der Waals surface area contributed by atoms with Crippen LogP contribution in [0, 0.1) is 0 Å². The maximum Gasteiger partial charge on any atom is 0.245 e. The molecular formula is C11H15N5. The van der Waals surface area contributed by atoms with Crippen LogP contribution in [0.2, 0.25) is 0 Å². The highest BCUT2D eigenvalue weighted by molar-refractivity contribution is 5.44. The second-order valence-corrected chi connectivity index (χ2v) is 4.01. The van der Waals surface area contributed by atoms with Crippen LogP contribution in [0.15, 0.2) is 24.4 Å². The number of hydrogen-bond acceptors (Lipinski definition) is 4. The van der Waals surface area contributed by atoms with Gasteiger partial charge in [0.25, 0.3) is 0 Å². The highest BCUT2D eigenvalue weighted by atomic mass is 15.4. The largest absolute Gasteiger partial charge is 0.338 e. The standard InChI is InChI=1S/C11H15N5/c1-2-8-16-10(4-1)13-11(14-16)15-7-3-5-12-6-9-15/h1-2,4,8,12H,3,5-7,9H2. The lowest BCUT2D eigenvalue weighted by Crippen LogP contribution is -2.28. The lowest BCUT2D eigenvalue weighted by molar-refractivity contribution is 0.724. The van der Waals surface area contributed by atoms with E-state index in [9.17, 15) is 0 Å². The second kappa shape index (κ2) is 4.09. The van der Waals surface area contributed by atoms with Gasteiger partial charge in [-0.05, 0) is 25.1 Å². The van der Waals surface area contributed by atoms with Gasteiger partial charge in [0, 0.05) is 25.8 Å². The molecule has 0 atom stereocenters. The topological polar surface area (TPSA) is 45.5 Å². The summed E-state index contributed by atoms with van der Waals surface area (Å²) >= 11 is 0. The average molecular weight is 217 g/mol. The Balaban J connectivity index is 1.92. The molecule has 3 heterocycles. The zero-order valence-corrected chi connectivity index (χ0v) is 9.13. The first-order chi connectivity index (χ1) is 7.93. The maximum absolute atomic E-state index is 4.53. The number of hydrogen-bond donors (Lipinski definition) is 1. The van der Waals surface area contributed by atoms with Crippen molar-refractivity contribution in [3.63, 3.8) is 0 Å². The third-order valence-electron chi connectivity index (χ3n) is 2.85. The maximum atomic E-state index is 4.53. The SMILES string of the molecule is c1ccn2nc(N3CCCNCC3)nc2c1. The molecule has 2 aromatic heterocycles. The van der Waals surface area contributed by atoms with Gasteiger partial charge >= 0.3 is 0 Å². The molecule has 0 spiro atoms. The van der Waals surface area contributed by atoms with Crippen molar-refractivity contribution in [1.29, 1.82) is 0 Å². The van der Waals surface area contributed by atoms with Crippen LogP contribution in [0.5, 0.6) is 0 Å². The summed E-state index contributed by atoms with van der Waals surface area (Å²) in [7, 11) is 0. The molecule has 0 bridgehead atoms. The van der Waals surface area contributed by atoms with Gasteiger partial charge in [-0.25, -0.2) is 4.52 Å². The summed E-state index contributed by atoms with van der Waals surface area (Å²) in [5, 5.41) is 7.86. The minimum absolute atomic E-state index is 0.843. The van der Waals surface area contributed by atoms with E-state index in [1.165, 1.54) is 0 Å². The molecular weight excluding hydrogens is 202 g/mol. The Labute approximate surface area is 94.1 Å². The quantitative estimate of drug-likeness (QED) is 0.757. The average Bonchev–Trinajstić information content (AvgIpc) is 2.56. The van der Waals surface area contributed by atoms with Crippen molar-refractivity contribution in [2.24, 2.45) is 0 Å². The van der Waals surface area contributed by atoms with Gasteiger partial charge in [0.15, 0.2) is 5.65 Å². The Bertz CT molecular complexity index is 437. The summed E-state index contributed by atoms with van der Waals surface area (Å²) in [5.41, 5.74) is 0.912. The predicted molar refractivity (Wildman–Crippen MR) is 62.7 cm³/mol. The van der Waals surface area contributed by atoms with E-state index in [4.69, 9.17) is 0 Å². The number of nitrogens with one attached hydrogen (secondary N) is 1. The smallest absolute Gasteiger partial charge is 0.245 e. The van der Waals surface area contributed by atoms with Crippen LogP contribution < -0.4 is 10.2 Å². The zero-order valence-electron chi connectivity index (χ0n) is 9.13. The fourth-order valence-electron chi connectivity index (χ4n) is 2.00. The molecule has 1 aliphatic heterocycles. The summed E-state index contributed by atoms with van der Waals surface area (Å²) < 4.78 is 1.83. The van der Waals surface area contributed by atoms with Gasteiger partial charge in [-0.15, -0.1) is 5.10 Å². The van der Waals surface area contributed by atoms with Gasteiger partial charge in [-0.1, -0.05) is 6.07 Å². The molecule has 0 amide bonds. The van der Waals surface area contributed by atoms with Gasteiger partial charge in [-0.2, -0.15) is 4.98 Å². The normalized spacial score (nSPS) is 17.6. The molecule has 1 fully saturated rings. The molecule has 16 heavy (non-hydrogen) atoms. The Hall–Kier alpha value is -1.62. The van der Waals surface area contributed by atoms with E-state index in [0.717, 1.165) is 44.2 Å². The van der Waals surface area contributed by atoms with E-state index in [0.29, 0.717) is 0 Å². The van der Waals surface area contributed by atoms with E-state index in [-0.39, 0.29) is 0 Å². The minimum atomic E-state index is 0.843. The third-order valence-corrected chi connectivity index (χ3v) is 2.85. The summed E-state index contributed by atoms with van der Waals surface area (Å²) in [4.78, 5) is 6.77. The molecule has 84 valence electrons. The molecule has 0 radical (unpaired) electrons. The number of pyridine rings is 1. The first kappa shape index (κ1) is 9.59. The molecule has 1 N–H and O–H groups in total. The number of nitrogens with zero attached hydrogens (tertiary/aromatic N) is 4. The summed E-state index contributed by atoms with van der Waals surface area (Å²) in [6, 6.07) is 5.93. The van der Waals surface area contributed by atoms with Crippen molar-refractivity contribution in [2.75, 3.05) is 31.1 Å². The zero-order chi connectivity index (χ0) is 10.8. The summed E-state index contributed by atoms with van der Waals surface area (Å²) in [6.07, 6.45) is 3.08. The van der Waals surface area contributed by atoms with Gasteiger partial charge in [-0.3, -0.25) is 0 Å². The van der Waals surface area contributed by atoms with Crippen LogP contribution >= 0.6 is 0 Å². The van der Waals surface area contributed by atoms with Gasteiger partial charge in [0.05, 0.1) is 0 Å². The van der Waals surface area contributed by atoms with Crippen molar-refractivity contribution in [3.05, 3.63) is 24.4 Å². The Morgan fingerprint density at radius 2 is 2.19 bits per heavy atom. The van der Waals surface area contributed by atoms with Crippen LogP contribution in [0.3, 0.4) is 0 Å². The Morgan fingerprint density at radius 1 is 1.19 bits per heavy atom. The molecule has 5 nitrogen and oxygen atoms in total. The van der Waals surface area contributed by atoms with Crippen molar-refractivity contribution in [3.8, 4) is 0 Å². The minimum Gasteiger partial charge on any atom is -0.338 e. The fraction of sp³-hybridized carbons (Fsp3) is 0.455. The van der Waals surface area contributed by atoms with E-state index >= 15 is 0 Å². The van der Waals surface area contributed by atoms with Crippen molar-refractivity contribution in [2.45, 2.75) is 6.42 Å². The van der Waals surface area contributed by atoms with Crippen molar-refractivity contribution in [1.82, 2.24) is 19.9 Å². The van der Waals surface area contributed by atoms with Crippen molar-refractivity contribution >= 4 is 11.6 Å². The molecule has 3 rings (SSSR count). The molecule has 0 saturated carbocycles. The Morgan fingerprint density at radius 3 is 3.12 bits per heavy atom. The first-order valence-electron chi connectivity index (χ1n) is 5.70. The highest BCUT2D eigenvalue weighted by Crippen LogP contribution is 2.11. The first-order valence-corrected chi connectivity index (χ1v) is 5.70. The third kappa shape index (κ3) is 1.74. The molecule has 0 aromatic carbocycles. The van der Waals surface area contributed by atoms with Gasteiger partial charge in [0.2, 0.25) is 5.95 Å². The number of aromatic nitrogens is 3. The molecule has 2 aromatic rings. The van der Waals surface area contributed by atoms with Crippen LogP contribution in [-0.4, -0.2) is 40.8 Å². The van der Waals surface area contributed by atoms with Crippen LogP contribution in [0.25, 0.3) is 5.65 Å². The summed E-state index contributed by atoms with van der Waals surface area (Å²) in [5.74, 6) is 0.843. The number of anilines is 1. The molecule has 1 saturated heterocycles. The number of rotatable bonds is 1. The Kier molecular flexibility index (Phi) is 2.46. The monoisotopic (exact) mass is 217 g/mol. The van der Waals surface area contributed by atoms with E-state index in [1.807, 2.05) is 28.9 Å². The van der Waals surface area contributed by atoms with Gasteiger partial charge in [0.1, 0.15) is 0 Å². The predicted octanol–water partition coefficient (Wildman–Crippen LogP) is 0.529. The fourth-order valence-corrected chi connectivity index (χ4v) is 2.00. The highest BCUT2D eigenvalue weighted by Gasteiger charge is 2.13. The number of fused-ring (bicyclic) bond motifs is 1. The van der Waals surface area contributed by atoms with Gasteiger partial charge < -0.3 is 10.2 Å². The lowest BCUT2D eigenvalue weighted by Gasteiger charge is -2.16. The summed E-state index contributed by atoms with van der Waals surface area (Å²) in [6.45, 7) is 4.11. The molecule has 0 unspecified atom stereocenters. The van der Waals surface area contributed by atoms with Crippen LogP contribution in [0.1, 0.15) is 6.42 Å². The molecule has 0 aliphatic carbocycles. The lowest BCUT2D eigenvalue weighted by atomic mass is 10.4.